The van der Waals surface area contributed by atoms with Crippen LogP contribution in [0.5, 0.6) is 17.2 Å². The SMILES string of the molecule is CC.Cc1ccc(Oc2cccc(OCc3cncn3C)c2)cc1. The molecule has 24 heavy (non-hydrogen) atoms. The fourth-order valence-corrected chi connectivity index (χ4v) is 2.05. The minimum atomic E-state index is 0.477. The fourth-order valence-electron chi connectivity index (χ4n) is 2.05. The van der Waals surface area contributed by atoms with E-state index in [1.54, 1.807) is 12.5 Å². The molecule has 0 saturated heterocycles. The van der Waals surface area contributed by atoms with Gasteiger partial charge < -0.3 is 14.0 Å². The van der Waals surface area contributed by atoms with Crippen molar-refractivity contribution in [3.05, 3.63) is 72.3 Å². The van der Waals surface area contributed by atoms with Crippen molar-refractivity contribution in [2.75, 3.05) is 0 Å². The Hall–Kier alpha value is -2.75. The molecule has 0 fully saturated rings. The van der Waals surface area contributed by atoms with Crippen LogP contribution in [0.25, 0.3) is 0 Å². The van der Waals surface area contributed by atoms with Crippen molar-refractivity contribution >= 4 is 0 Å². The highest BCUT2D eigenvalue weighted by Crippen LogP contribution is 2.25. The summed E-state index contributed by atoms with van der Waals surface area (Å²) in [5, 5.41) is 0. The molecule has 126 valence electrons. The zero-order valence-corrected chi connectivity index (χ0v) is 14.7. The van der Waals surface area contributed by atoms with Gasteiger partial charge in [-0.05, 0) is 31.2 Å². The van der Waals surface area contributed by atoms with Crippen LogP contribution in [0.15, 0.2) is 61.1 Å². The number of rotatable bonds is 5. The molecule has 1 aromatic heterocycles. The topological polar surface area (TPSA) is 36.3 Å². The van der Waals surface area contributed by atoms with E-state index in [-0.39, 0.29) is 0 Å². The van der Waals surface area contributed by atoms with E-state index in [0.717, 1.165) is 22.9 Å². The van der Waals surface area contributed by atoms with Crippen LogP contribution in [-0.2, 0) is 13.7 Å². The molecule has 3 rings (SSSR count). The van der Waals surface area contributed by atoms with E-state index in [0.29, 0.717) is 6.61 Å². The van der Waals surface area contributed by atoms with Gasteiger partial charge in [-0.15, -0.1) is 0 Å². The summed E-state index contributed by atoms with van der Waals surface area (Å²) >= 11 is 0. The van der Waals surface area contributed by atoms with Crippen molar-refractivity contribution in [2.45, 2.75) is 27.4 Å². The number of hydrogen-bond donors (Lipinski definition) is 0. The van der Waals surface area contributed by atoms with Crippen LogP contribution in [0.4, 0.5) is 0 Å². The molecule has 0 atom stereocenters. The molecule has 1 heterocycles. The summed E-state index contributed by atoms with van der Waals surface area (Å²) < 4.78 is 13.6. The second kappa shape index (κ2) is 8.77. The Morgan fingerprint density at radius 2 is 1.67 bits per heavy atom. The predicted molar refractivity (Wildman–Crippen MR) is 96.6 cm³/mol. The van der Waals surface area contributed by atoms with Gasteiger partial charge in [-0.3, -0.25) is 0 Å². The largest absolute Gasteiger partial charge is 0.487 e. The molecule has 0 aliphatic heterocycles. The van der Waals surface area contributed by atoms with E-state index in [1.807, 2.05) is 74.0 Å². The Kier molecular flexibility index (Phi) is 6.43. The number of ether oxygens (including phenoxy) is 2. The second-order valence-corrected chi connectivity index (χ2v) is 5.17. The van der Waals surface area contributed by atoms with Gasteiger partial charge in [0, 0.05) is 13.1 Å². The van der Waals surface area contributed by atoms with Gasteiger partial charge in [0.1, 0.15) is 23.9 Å². The van der Waals surface area contributed by atoms with Crippen molar-refractivity contribution in [1.82, 2.24) is 9.55 Å². The van der Waals surface area contributed by atoms with E-state index in [4.69, 9.17) is 9.47 Å². The molecule has 0 amide bonds. The minimum Gasteiger partial charge on any atom is -0.487 e. The van der Waals surface area contributed by atoms with E-state index < -0.39 is 0 Å². The van der Waals surface area contributed by atoms with Crippen LogP contribution in [0.2, 0.25) is 0 Å². The van der Waals surface area contributed by atoms with Crippen LogP contribution in [0, 0.1) is 6.92 Å². The Labute approximate surface area is 143 Å². The number of aromatic nitrogens is 2. The van der Waals surface area contributed by atoms with Gasteiger partial charge in [-0.25, -0.2) is 4.98 Å². The van der Waals surface area contributed by atoms with E-state index >= 15 is 0 Å². The van der Waals surface area contributed by atoms with Crippen molar-refractivity contribution in [2.24, 2.45) is 7.05 Å². The minimum absolute atomic E-state index is 0.477. The van der Waals surface area contributed by atoms with Crippen molar-refractivity contribution < 1.29 is 9.47 Å². The van der Waals surface area contributed by atoms with E-state index in [1.165, 1.54) is 5.56 Å². The molecule has 0 unspecified atom stereocenters. The number of benzene rings is 2. The molecular weight excluding hydrogens is 300 g/mol. The number of aryl methyl sites for hydroxylation is 2. The molecule has 0 spiro atoms. The maximum atomic E-state index is 5.84. The molecular formula is C20H24N2O2. The molecule has 2 aromatic carbocycles. The fraction of sp³-hybridized carbons (Fsp3) is 0.250. The van der Waals surface area contributed by atoms with Gasteiger partial charge in [-0.1, -0.05) is 37.6 Å². The zero-order valence-electron chi connectivity index (χ0n) is 14.7. The standard InChI is InChI=1S/C18H18N2O2.C2H6/c1-14-6-8-16(9-7-14)22-18-5-3-4-17(10-18)21-12-15-11-19-13-20(15)2;1-2/h3-11,13H,12H2,1-2H3;1-2H3. The van der Waals surface area contributed by atoms with Gasteiger partial charge >= 0.3 is 0 Å². The lowest BCUT2D eigenvalue weighted by Crippen LogP contribution is -2.01. The third-order valence-electron chi connectivity index (χ3n) is 3.37. The first-order valence-corrected chi connectivity index (χ1v) is 8.13. The predicted octanol–water partition coefficient (Wildman–Crippen LogP) is 5.13. The Morgan fingerprint density at radius 1 is 0.958 bits per heavy atom. The van der Waals surface area contributed by atoms with Gasteiger partial charge in [0.15, 0.2) is 0 Å². The smallest absolute Gasteiger partial charge is 0.131 e. The molecule has 3 aromatic rings. The normalized spacial score (nSPS) is 9.83. The van der Waals surface area contributed by atoms with Crippen molar-refractivity contribution in [3.8, 4) is 17.2 Å². The molecule has 0 aliphatic rings. The summed E-state index contributed by atoms with van der Waals surface area (Å²) in [5.41, 5.74) is 2.23. The third-order valence-corrected chi connectivity index (χ3v) is 3.37. The van der Waals surface area contributed by atoms with Crippen LogP contribution in [-0.4, -0.2) is 9.55 Å². The Balaban J connectivity index is 0.00000100. The number of imidazole rings is 1. The lowest BCUT2D eigenvalue weighted by molar-refractivity contribution is 0.295. The van der Waals surface area contributed by atoms with E-state index in [9.17, 15) is 0 Å². The third kappa shape index (κ3) is 4.88. The maximum absolute atomic E-state index is 5.84. The first-order valence-electron chi connectivity index (χ1n) is 8.13. The van der Waals surface area contributed by atoms with E-state index in [2.05, 4.69) is 11.9 Å². The monoisotopic (exact) mass is 324 g/mol. The van der Waals surface area contributed by atoms with Gasteiger partial charge in [0.25, 0.3) is 0 Å². The van der Waals surface area contributed by atoms with Crippen LogP contribution < -0.4 is 9.47 Å². The van der Waals surface area contributed by atoms with Gasteiger partial charge in [0.05, 0.1) is 18.2 Å². The molecule has 0 saturated carbocycles. The Bertz CT molecular complexity index is 748. The number of nitrogens with zero attached hydrogens (tertiary/aromatic N) is 2. The molecule has 0 radical (unpaired) electrons. The molecule has 0 aliphatic carbocycles. The van der Waals surface area contributed by atoms with Crippen molar-refractivity contribution in [3.63, 3.8) is 0 Å². The summed E-state index contributed by atoms with van der Waals surface area (Å²) in [6.45, 7) is 6.53. The van der Waals surface area contributed by atoms with Crippen LogP contribution in [0.3, 0.4) is 0 Å². The maximum Gasteiger partial charge on any atom is 0.131 e. The molecule has 0 bridgehead atoms. The van der Waals surface area contributed by atoms with Crippen LogP contribution in [0.1, 0.15) is 25.1 Å². The highest BCUT2D eigenvalue weighted by atomic mass is 16.5. The first-order chi connectivity index (χ1) is 11.7. The summed E-state index contributed by atoms with van der Waals surface area (Å²) in [6, 6.07) is 15.6. The summed E-state index contributed by atoms with van der Waals surface area (Å²) in [6.07, 6.45) is 3.56. The van der Waals surface area contributed by atoms with Crippen LogP contribution >= 0.6 is 0 Å². The molecule has 0 N–H and O–H groups in total. The summed E-state index contributed by atoms with van der Waals surface area (Å²) in [4.78, 5) is 4.07. The first kappa shape index (κ1) is 17.6. The highest BCUT2D eigenvalue weighted by Gasteiger charge is 2.02. The average Bonchev–Trinajstić information content (AvgIpc) is 3.02. The number of hydrogen-bond acceptors (Lipinski definition) is 3. The Morgan fingerprint density at radius 3 is 2.33 bits per heavy atom. The van der Waals surface area contributed by atoms with Gasteiger partial charge in [-0.2, -0.15) is 0 Å². The van der Waals surface area contributed by atoms with Crippen molar-refractivity contribution in [1.29, 1.82) is 0 Å². The molecule has 4 heteroatoms. The summed E-state index contributed by atoms with van der Waals surface area (Å²) in [5.74, 6) is 2.34. The summed E-state index contributed by atoms with van der Waals surface area (Å²) in [7, 11) is 1.95. The lowest BCUT2D eigenvalue weighted by atomic mass is 10.2. The lowest BCUT2D eigenvalue weighted by Gasteiger charge is -2.09. The highest BCUT2D eigenvalue weighted by molar-refractivity contribution is 5.37. The second-order valence-electron chi connectivity index (χ2n) is 5.17. The van der Waals surface area contributed by atoms with Gasteiger partial charge in [0.2, 0.25) is 0 Å². The quantitative estimate of drug-likeness (QED) is 0.653. The average molecular weight is 324 g/mol. The molecule has 4 nitrogen and oxygen atoms in total. The zero-order chi connectivity index (χ0) is 17.4.